The minimum absolute atomic E-state index is 0.0883. The molecule has 0 bridgehead atoms. The second-order valence-corrected chi connectivity index (χ2v) is 6.63. The first-order valence-corrected chi connectivity index (χ1v) is 8.37. The molecule has 0 fully saturated rings. The third-order valence-corrected chi connectivity index (χ3v) is 4.18. The minimum atomic E-state index is -4.65. The van der Waals surface area contributed by atoms with Gasteiger partial charge in [-0.05, 0) is 13.0 Å². The van der Waals surface area contributed by atoms with Crippen molar-refractivity contribution in [2.75, 3.05) is 19.8 Å². The summed E-state index contributed by atoms with van der Waals surface area (Å²) < 4.78 is 54.3. The lowest BCUT2D eigenvalue weighted by atomic mass is 10.2. The molecule has 1 N–H and O–H groups in total. The second kappa shape index (κ2) is 7.35. The Kier molecular flexibility index (Phi) is 6.33. The Morgan fingerprint density at radius 2 is 2.05 bits per heavy atom. The molecular formula is C11H11Cl2F2NO4S. The highest BCUT2D eigenvalue weighted by Gasteiger charge is 2.28. The van der Waals surface area contributed by atoms with Crippen LogP contribution in [0.5, 0.6) is 0 Å². The van der Waals surface area contributed by atoms with Crippen molar-refractivity contribution in [1.82, 2.24) is 5.32 Å². The fraction of sp³-hybridized carbons (Fsp3) is 0.364. The van der Waals surface area contributed by atoms with Crippen LogP contribution in [0, 0.1) is 11.6 Å². The Labute approximate surface area is 129 Å². The van der Waals surface area contributed by atoms with Crippen molar-refractivity contribution in [2.45, 2.75) is 11.8 Å². The Morgan fingerprint density at radius 3 is 2.57 bits per heavy atom. The average Bonchev–Trinajstić information content (AvgIpc) is 2.37. The number of ether oxygens (including phenoxy) is 1. The van der Waals surface area contributed by atoms with E-state index in [1.165, 1.54) is 0 Å². The fourth-order valence-corrected chi connectivity index (χ4v) is 3.15. The maximum absolute atomic E-state index is 13.5. The second-order valence-electron chi connectivity index (χ2n) is 3.75. The molecule has 0 spiro atoms. The van der Waals surface area contributed by atoms with Gasteiger partial charge in [0.2, 0.25) is 0 Å². The third kappa shape index (κ3) is 4.50. The van der Waals surface area contributed by atoms with Gasteiger partial charge in [-0.1, -0.05) is 11.6 Å². The van der Waals surface area contributed by atoms with E-state index in [2.05, 4.69) is 5.32 Å². The van der Waals surface area contributed by atoms with Crippen molar-refractivity contribution < 1.29 is 26.7 Å². The third-order valence-electron chi connectivity index (χ3n) is 2.34. The van der Waals surface area contributed by atoms with Gasteiger partial charge in [0, 0.05) is 23.8 Å². The number of carbonyl (C=O) groups is 1. The van der Waals surface area contributed by atoms with Crippen molar-refractivity contribution in [2.24, 2.45) is 0 Å². The van der Waals surface area contributed by atoms with E-state index >= 15 is 0 Å². The van der Waals surface area contributed by atoms with Crippen LogP contribution in [0.4, 0.5) is 8.78 Å². The molecule has 0 aliphatic carbocycles. The quantitative estimate of drug-likeness (QED) is 0.479. The summed E-state index contributed by atoms with van der Waals surface area (Å²) >= 11 is 5.64. The first-order chi connectivity index (χ1) is 9.70. The molecular weight excluding hydrogens is 351 g/mol. The van der Waals surface area contributed by atoms with Crippen LogP contribution < -0.4 is 5.32 Å². The Balaban J connectivity index is 3.15. The first kappa shape index (κ1) is 18.1. The molecule has 1 amide bonds. The molecule has 21 heavy (non-hydrogen) atoms. The predicted octanol–water partition coefficient (Wildman–Crippen LogP) is 2.31. The van der Waals surface area contributed by atoms with E-state index < -0.39 is 42.1 Å². The van der Waals surface area contributed by atoms with Gasteiger partial charge in [0.05, 0.1) is 17.2 Å². The van der Waals surface area contributed by atoms with E-state index in [1.54, 1.807) is 6.92 Å². The van der Waals surface area contributed by atoms with E-state index in [4.69, 9.17) is 27.0 Å². The molecule has 0 aromatic heterocycles. The number of hydrogen-bond donors (Lipinski definition) is 1. The number of rotatable bonds is 6. The van der Waals surface area contributed by atoms with Crippen LogP contribution in [0.2, 0.25) is 5.02 Å². The lowest BCUT2D eigenvalue weighted by Gasteiger charge is -2.10. The zero-order valence-electron chi connectivity index (χ0n) is 10.8. The minimum Gasteiger partial charge on any atom is -0.380 e. The molecule has 118 valence electrons. The zero-order chi connectivity index (χ0) is 16.2. The molecule has 5 nitrogen and oxygen atoms in total. The van der Waals surface area contributed by atoms with Gasteiger partial charge in [-0.15, -0.1) is 0 Å². The van der Waals surface area contributed by atoms with Crippen molar-refractivity contribution in [3.8, 4) is 0 Å². The van der Waals surface area contributed by atoms with Crippen LogP contribution in [0.1, 0.15) is 17.3 Å². The molecule has 0 unspecified atom stereocenters. The van der Waals surface area contributed by atoms with Gasteiger partial charge in [-0.2, -0.15) is 0 Å². The fourth-order valence-electron chi connectivity index (χ4n) is 1.44. The summed E-state index contributed by atoms with van der Waals surface area (Å²) in [5, 5.41) is 1.54. The molecule has 1 aromatic carbocycles. The van der Waals surface area contributed by atoms with Crippen LogP contribution >= 0.6 is 22.3 Å². The predicted molar refractivity (Wildman–Crippen MR) is 73.2 cm³/mol. The molecule has 0 atom stereocenters. The molecule has 0 saturated carbocycles. The largest absolute Gasteiger partial charge is 0.380 e. The summed E-state index contributed by atoms with van der Waals surface area (Å²) in [6.45, 7) is 2.48. The summed E-state index contributed by atoms with van der Waals surface area (Å²) in [6, 6.07) is 0.499. The highest BCUT2D eigenvalue weighted by Crippen LogP contribution is 2.32. The van der Waals surface area contributed by atoms with Gasteiger partial charge in [-0.25, -0.2) is 17.2 Å². The standard InChI is InChI=1S/C11H11Cl2F2NO4S/c1-2-20-4-3-16-11(17)6-5-7(14)9(15)10(8(6)12)21(13,18)19/h5H,2-4H2,1H3,(H,16,17). The van der Waals surface area contributed by atoms with E-state index in [1.807, 2.05) is 0 Å². The van der Waals surface area contributed by atoms with E-state index in [0.29, 0.717) is 12.7 Å². The van der Waals surface area contributed by atoms with Gasteiger partial charge in [-0.3, -0.25) is 4.79 Å². The number of amides is 1. The smallest absolute Gasteiger partial charge is 0.265 e. The Bertz CT molecular complexity index is 652. The number of halogens is 4. The van der Waals surface area contributed by atoms with Gasteiger partial charge in [0.1, 0.15) is 4.90 Å². The molecule has 0 aliphatic rings. The molecule has 0 radical (unpaired) electrons. The maximum atomic E-state index is 13.5. The molecule has 1 rings (SSSR count). The van der Waals surface area contributed by atoms with Gasteiger partial charge >= 0.3 is 0 Å². The van der Waals surface area contributed by atoms with E-state index in [-0.39, 0.29) is 13.2 Å². The van der Waals surface area contributed by atoms with Gasteiger partial charge < -0.3 is 10.1 Å². The summed E-state index contributed by atoms with van der Waals surface area (Å²) in [4.78, 5) is 10.5. The van der Waals surface area contributed by atoms with Crippen molar-refractivity contribution in [1.29, 1.82) is 0 Å². The molecule has 10 heteroatoms. The average molecular weight is 362 g/mol. The molecule has 0 heterocycles. The monoisotopic (exact) mass is 361 g/mol. The summed E-state index contributed by atoms with van der Waals surface area (Å²) in [7, 11) is 0.342. The van der Waals surface area contributed by atoms with Gasteiger partial charge in [0.15, 0.2) is 11.6 Å². The SMILES string of the molecule is CCOCCNC(=O)c1cc(F)c(F)c(S(=O)(=O)Cl)c1Cl. The van der Waals surface area contributed by atoms with Crippen LogP contribution in [-0.4, -0.2) is 34.1 Å². The zero-order valence-corrected chi connectivity index (χ0v) is 13.1. The number of carbonyl (C=O) groups excluding carboxylic acids is 1. The Hall–Kier alpha value is -0.960. The van der Waals surface area contributed by atoms with Crippen molar-refractivity contribution in [3.63, 3.8) is 0 Å². The summed E-state index contributed by atoms with van der Waals surface area (Å²) in [5.41, 5.74) is -0.536. The molecule has 0 saturated heterocycles. The van der Waals surface area contributed by atoms with Crippen molar-refractivity contribution >= 4 is 37.2 Å². The lowest BCUT2D eigenvalue weighted by Crippen LogP contribution is -2.28. The first-order valence-electron chi connectivity index (χ1n) is 5.68. The topological polar surface area (TPSA) is 72.5 Å². The number of benzene rings is 1. The van der Waals surface area contributed by atoms with Crippen LogP contribution in [0.25, 0.3) is 0 Å². The van der Waals surface area contributed by atoms with E-state index in [0.717, 1.165) is 0 Å². The summed E-state index contributed by atoms with van der Waals surface area (Å²) in [5.74, 6) is -4.16. The Morgan fingerprint density at radius 1 is 1.43 bits per heavy atom. The van der Waals surface area contributed by atoms with Crippen LogP contribution in [0.3, 0.4) is 0 Å². The number of nitrogens with one attached hydrogen (secondary N) is 1. The lowest BCUT2D eigenvalue weighted by molar-refractivity contribution is 0.0922. The van der Waals surface area contributed by atoms with Gasteiger partial charge in [0.25, 0.3) is 15.0 Å². The summed E-state index contributed by atoms with van der Waals surface area (Å²) in [6.07, 6.45) is 0. The highest BCUT2D eigenvalue weighted by molar-refractivity contribution is 8.13. The van der Waals surface area contributed by atoms with Crippen molar-refractivity contribution in [3.05, 3.63) is 28.3 Å². The maximum Gasteiger partial charge on any atom is 0.265 e. The highest BCUT2D eigenvalue weighted by atomic mass is 35.7. The molecule has 1 aromatic rings. The number of hydrogen-bond acceptors (Lipinski definition) is 4. The van der Waals surface area contributed by atoms with Crippen LogP contribution in [0.15, 0.2) is 11.0 Å². The molecule has 0 aliphatic heterocycles. The van der Waals surface area contributed by atoms with Crippen LogP contribution in [-0.2, 0) is 13.8 Å². The normalized spacial score (nSPS) is 11.5. The van der Waals surface area contributed by atoms with E-state index in [9.17, 15) is 22.0 Å².